The molecule has 2 heterocycles. The van der Waals surface area contributed by atoms with Gasteiger partial charge in [0.2, 0.25) is 13.2 Å². The van der Waals surface area contributed by atoms with Crippen LogP contribution in [0, 0.1) is 5.92 Å². The molecule has 0 bridgehead atoms. The lowest BCUT2D eigenvalue weighted by molar-refractivity contribution is -0.143. The highest BCUT2D eigenvalue weighted by Crippen LogP contribution is 2.41. The second kappa shape index (κ2) is 15.2. The van der Waals surface area contributed by atoms with Crippen molar-refractivity contribution in [2.75, 3.05) is 47.2 Å². The highest BCUT2D eigenvalue weighted by Gasteiger charge is 2.46. The van der Waals surface area contributed by atoms with Crippen LogP contribution < -0.4 is 18.9 Å². The molecule has 2 aromatic rings. The van der Waals surface area contributed by atoms with E-state index < -0.39 is 11.9 Å². The van der Waals surface area contributed by atoms with Crippen LogP contribution in [0.25, 0.3) is 0 Å². The Morgan fingerprint density at radius 3 is 2.36 bits per heavy atom. The molecule has 39 heavy (non-hydrogen) atoms. The second-order valence-corrected chi connectivity index (χ2v) is 9.90. The van der Waals surface area contributed by atoms with Gasteiger partial charge in [-0.2, -0.15) is 0 Å². The Hall–Kier alpha value is -3.46. The quantitative estimate of drug-likeness (QED) is 0.366. The van der Waals surface area contributed by atoms with Gasteiger partial charge < -0.3 is 29.0 Å². The molecule has 0 saturated carbocycles. The molecule has 1 N–H and O–H groups in total. The molecule has 2 aliphatic heterocycles. The summed E-state index contributed by atoms with van der Waals surface area (Å²) >= 11 is 0. The minimum atomic E-state index is -0.833. The largest absolute Gasteiger partial charge is 0.493 e. The van der Waals surface area contributed by atoms with Crippen LogP contribution in [-0.4, -0.2) is 80.5 Å². The molecule has 9 nitrogen and oxygen atoms in total. The first-order valence-corrected chi connectivity index (χ1v) is 13.7. The number of para-hydroxylation sites is 2. The molecule has 0 aromatic heterocycles. The van der Waals surface area contributed by atoms with Crippen LogP contribution in [0.15, 0.2) is 42.5 Å². The van der Waals surface area contributed by atoms with E-state index >= 15 is 0 Å². The number of hydrogen-bond acceptors (Lipinski definition) is 7. The number of carboxylic acids is 1. The monoisotopic (exact) mass is 542 g/mol. The molecular weight excluding hydrogens is 500 g/mol. The number of carbonyl (C=O) groups excluding carboxylic acids is 1. The van der Waals surface area contributed by atoms with Gasteiger partial charge in [-0.1, -0.05) is 44.9 Å². The summed E-state index contributed by atoms with van der Waals surface area (Å²) in [5.41, 5.74) is 0.934. The minimum Gasteiger partial charge on any atom is -0.493 e. The Balaban J connectivity index is 0.000000325. The Morgan fingerprint density at radius 1 is 1.08 bits per heavy atom. The first kappa shape index (κ1) is 30.1. The number of aliphatic carboxylic acids is 1. The van der Waals surface area contributed by atoms with Gasteiger partial charge in [-0.15, -0.1) is 0 Å². The zero-order valence-electron chi connectivity index (χ0n) is 23.5. The first-order valence-electron chi connectivity index (χ1n) is 13.7. The summed E-state index contributed by atoms with van der Waals surface area (Å²) in [5.74, 6) is 0.997. The van der Waals surface area contributed by atoms with E-state index in [2.05, 4.69) is 13.8 Å². The lowest BCUT2D eigenvalue weighted by Crippen LogP contribution is -2.38. The fraction of sp³-hybridized carbons (Fsp3) is 0.533. The van der Waals surface area contributed by atoms with Crippen molar-refractivity contribution in [2.24, 2.45) is 5.92 Å². The zero-order valence-corrected chi connectivity index (χ0v) is 23.5. The number of unbranched alkanes of at least 4 members (excludes halogenated alkanes) is 2. The number of fused-ring (bicyclic) bond motifs is 1. The summed E-state index contributed by atoms with van der Waals surface area (Å²) in [6.45, 7) is 7.22. The number of likely N-dealkylation sites (tertiary alicyclic amines) is 1. The van der Waals surface area contributed by atoms with Crippen molar-refractivity contribution < 1.29 is 33.6 Å². The van der Waals surface area contributed by atoms with Crippen LogP contribution in [-0.2, 0) is 9.59 Å². The molecule has 3 unspecified atom stereocenters. The van der Waals surface area contributed by atoms with E-state index in [4.69, 9.17) is 18.9 Å². The predicted octanol–water partition coefficient (Wildman–Crippen LogP) is 4.65. The molecule has 0 radical (unpaired) electrons. The molecule has 2 aliphatic rings. The van der Waals surface area contributed by atoms with Crippen molar-refractivity contribution in [1.29, 1.82) is 0 Å². The van der Waals surface area contributed by atoms with Gasteiger partial charge >= 0.3 is 5.97 Å². The molecule has 0 spiro atoms. The van der Waals surface area contributed by atoms with Crippen molar-refractivity contribution in [2.45, 2.75) is 51.5 Å². The van der Waals surface area contributed by atoms with Crippen LogP contribution in [0.5, 0.6) is 23.0 Å². The number of methoxy groups -OCH3 is 1. The van der Waals surface area contributed by atoms with Gasteiger partial charge in [0.05, 0.1) is 19.1 Å². The van der Waals surface area contributed by atoms with Crippen molar-refractivity contribution in [3.63, 3.8) is 0 Å². The fourth-order valence-corrected chi connectivity index (χ4v) is 4.98. The number of amides is 1. The number of carboxylic acid groups (broad SMARTS) is 1. The SMILES string of the molecule is CCCCN(C=O)CCCC.COc1ccccc1OCC1C(C(=O)O)C(c2ccc3c(c2)OCO3)CN1C. The highest BCUT2D eigenvalue weighted by molar-refractivity contribution is 5.73. The number of ether oxygens (including phenoxy) is 4. The van der Waals surface area contributed by atoms with E-state index in [-0.39, 0.29) is 25.4 Å². The van der Waals surface area contributed by atoms with Gasteiger partial charge in [0.15, 0.2) is 23.0 Å². The van der Waals surface area contributed by atoms with Gasteiger partial charge in [-0.25, -0.2) is 0 Å². The van der Waals surface area contributed by atoms with Crippen LogP contribution in [0.1, 0.15) is 51.0 Å². The van der Waals surface area contributed by atoms with Crippen molar-refractivity contribution in [3.8, 4) is 23.0 Å². The Kier molecular flexibility index (Phi) is 11.7. The summed E-state index contributed by atoms with van der Waals surface area (Å²) in [6.07, 6.45) is 5.54. The standard InChI is InChI=1S/C21H23NO6.C9H19NO/c1-22-10-14(13-7-8-18-19(9-13)28-12-27-18)20(21(23)24)15(22)11-26-17-6-4-3-5-16(17)25-2;1-3-5-7-10(9-11)8-6-4-2/h3-9,14-15,20H,10-12H2,1-2H3,(H,23,24);9H,3-8H2,1-2H3. The Bertz CT molecular complexity index is 1060. The van der Waals surface area contributed by atoms with Crippen LogP contribution in [0.3, 0.4) is 0 Å². The summed E-state index contributed by atoms with van der Waals surface area (Å²) in [4.78, 5) is 26.5. The van der Waals surface area contributed by atoms with Crippen LogP contribution in [0.2, 0.25) is 0 Å². The third-order valence-electron chi connectivity index (χ3n) is 7.23. The third kappa shape index (κ3) is 8.02. The van der Waals surface area contributed by atoms with Crippen molar-refractivity contribution in [3.05, 3.63) is 48.0 Å². The molecule has 1 saturated heterocycles. The molecule has 2 aromatic carbocycles. The smallest absolute Gasteiger partial charge is 0.308 e. The molecule has 0 aliphatic carbocycles. The first-order chi connectivity index (χ1) is 18.9. The van der Waals surface area contributed by atoms with Gasteiger partial charge in [0, 0.05) is 25.6 Å². The molecule has 9 heteroatoms. The average Bonchev–Trinajstić information content (AvgIpc) is 3.56. The number of benzene rings is 2. The Morgan fingerprint density at radius 2 is 1.74 bits per heavy atom. The van der Waals surface area contributed by atoms with Crippen LogP contribution >= 0.6 is 0 Å². The predicted molar refractivity (Wildman–Crippen MR) is 149 cm³/mol. The maximum atomic E-state index is 12.1. The van der Waals surface area contributed by atoms with Gasteiger partial charge in [-0.3, -0.25) is 14.5 Å². The summed E-state index contributed by atoms with van der Waals surface area (Å²) in [5, 5.41) is 9.96. The Labute approximate surface area is 231 Å². The second-order valence-electron chi connectivity index (χ2n) is 9.90. The number of likely N-dealkylation sites (N-methyl/N-ethyl adjacent to an activating group) is 1. The van der Waals surface area contributed by atoms with Crippen molar-refractivity contribution in [1.82, 2.24) is 9.80 Å². The number of rotatable bonds is 13. The molecule has 3 atom stereocenters. The zero-order chi connectivity index (χ0) is 28.2. The normalized spacial score (nSPS) is 19.6. The molecular formula is C30H42N2O7. The lowest BCUT2D eigenvalue weighted by atomic mass is 9.85. The summed E-state index contributed by atoms with van der Waals surface area (Å²) in [7, 11) is 3.51. The number of hydrogen-bond donors (Lipinski definition) is 1. The minimum absolute atomic E-state index is 0.164. The van der Waals surface area contributed by atoms with E-state index in [0.717, 1.165) is 50.7 Å². The maximum absolute atomic E-state index is 12.1. The summed E-state index contributed by atoms with van der Waals surface area (Å²) in [6, 6.07) is 12.7. The maximum Gasteiger partial charge on any atom is 0.308 e. The van der Waals surface area contributed by atoms with Gasteiger partial charge in [0.1, 0.15) is 6.61 Å². The van der Waals surface area contributed by atoms with E-state index in [1.807, 2.05) is 59.3 Å². The van der Waals surface area contributed by atoms with Crippen molar-refractivity contribution >= 4 is 12.4 Å². The topological polar surface area (TPSA) is 97.8 Å². The van der Waals surface area contributed by atoms with Gasteiger partial charge in [-0.05, 0) is 49.7 Å². The number of nitrogens with zero attached hydrogens (tertiary/aromatic N) is 2. The molecule has 4 rings (SSSR count). The van der Waals surface area contributed by atoms with E-state index in [9.17, 15) is 14.7 Å². The third-order valence-corrected chi connectivity index (χ3v) is 7.23. The van der Waals surface area contributed by atoms with Crippen LogP contribution in [0.4, 0.5) is 0 Å². The van der Waals surface area contributed by atoms with Gasteiger partial charge in [0.25, 0.3) is 0 Å². The van der Waals surface area contributed by atoms with E-state index in [0.29, 0.717) is 29.5 Å². The summed E-state index contributed by atoms with van der Waals surface area (Å²) < 4.78 is 22.1. The molecule has 1 amide bonds. The molecule has 214 valence electrons. The molecule has 1 fully saturated rings. The number of carbonyl (C=O) groups is 2. The lowest BCUT2D eigenvalue weighted by Gasteiger charge is -2.24. The average molecular weight is 543 g/mol. The van der Waals surface area contributed by atoms with E-state index in [1.165, 1.54) is 0 Å². The van der Waals surface area contributed by atoms with E-state index in [1.54, 1.807) is 7.11 Å². The fourth-order valence-electron chi connectivity index (χ4n) is 4.98. The highest BCUT2D eigenvalue weighted by atomic mass is 16.7.